The third-order valence-electron chi connectivity index (χ3n) is 3.84. The summed E-state index contributed by atoms with van der Waals surface area (Å²) in [5.74, 6) is 0. The second-order valence-corrected chi connectivity index (χ2v) is 9.53. The molecule has 0 spiro atoms. The Balaban J connectivity index is 4.87. The lowest BCUT2D eigenvalue weighted by Gasteiger charge is -2.32. The third-order valence-corrected chi connectivity index (χ3v) is 3.84. The van der Waals surface area contributed by atoms with E-state index in [0.29, 0.717) is 5.41 Å². The fourth-order valence-electron chi connectivity index (χ4n) is 2.34. The molecule has 118 valence electrons. The number of allylic oxidation sites excluding steroid dienone is 4. The van der Waals surface area contributed by atoms with Crippen molar-refractivity contribution in [1.29, 1.82) is 0 Å². The summed E-state index contributed by atoms with van der Waals surface area (Å²) in [7, 11) is 0. The Kier molecular flexibility index (Phi) is 6.33. The minimum Gasteiger partial charge on any atom is -0.0826 e. The zero-order valence-corrected chi connectivity index (χ0v) is 15.7. The van der Waals surface area contributed by atoms with Crippen LogP contribution in [0.4, 0.5) is 0 Å². The molecule has 0 aromatic rings. The molecule has 0 unspecified atom stereocenters. The van der Waals surface area contributed by atoms with E-state index in [1.54, 1.807) is 0 Å². The highest BCUT2D eigenvalue weighted by atomic mass is 14.3. The smallest absolute Gasteiger partial charge is 0.0167 e. The zero-order valence-electron chi connectivity index (χ0n) is 15.7. The number of hydrogen-bond acceptors (Lipinski definition) is 0. The molecule has 0 aromatic carbocycles. The molecule has 0 amide bonds. The Bertz CT molecular complexity index is 343. The molecule has 0 aromatic heterocycles. The molecule has 0 aliphatic heterocycles. The van der Waals surface area contributed by atoms with Gasteiger partial charge in [0.2, 0.25) is 0 Å². The van der Waals surface area contributed by atoms with Gasteiger partial charge in [-0.25, -0.2) is 0 Å². The fourth-order valence-corrected chi connectivity index (χ4v) is 2.34. The number of hydrogen-bond donors (Lipinski definition) is 0. The molecule has 0 bridgehead atoms. The normalized spacial score (nSPS) is 15.5. The van der Waals surface area contributed by atoms with Crippen molar-refractivity contribution in [1.82, 2.24) is 0 Å². The van der Waals surface area contributed by atoms with Crippen molar-refractivity contribution in [2.75, 3.05) is 0 Å². The molecule has 0 nitrogen and oxygen atoms in total. The van der Waals surface area contributed by atoms with Crippen LogP contribution in [0.5, 0.6) is 0 Å². The van der Waals surface area contributed by atoms with Crippen LogP contribution in [0.15, 0.2) is 24.3 Å². The molecule has 0 fully saturated rings. The Morgan fingerprint density at radius 1 is 0.550 bits per heavy atom. The van der Waals surface area contributed by atoms with Crippen LogP contribution in [-0.4, -0.2) is 0 Å². The minimum absolute atomic E-state index is 0.234. The van der Waals surface area contributed by atoms with E-state index in [-0.39, 0.29) is 16.2 Å². The first kappa shape index (κ1) is 19.5. The highest BCUT2D eigenvalue weighted by molar-refractivity contribution is 5.07. The van der Waals surface area contributed by atoms with Gasteiger partial charge in [0.05, 0.1) is 0 Å². The molecule has 0 heteroatoms. The first-order chi connectivity index (χ1) is 8.68. The maximum absolute atomic E-state index is 2.42. The van der Waals surface area contributed by atoms with Gasteiger partial charge in [-0.15, -0.1) is 0 Å². The molecule has 20 heavy (non-hydrogen) atoms. The first-order valence-corrected chi connectivity index (χ1v) is 8.09. The van der Waals surface area contributed by atoms with Gasteiger partial charge in [-0.3, -0.25) is 0 Å². The summed E-state index contributed by atoms with van der Waals surface area (Å²) < 4.78 is 0. The van der Waals surface area contributed by atoms with E-state index in [4.69, 9.17) is 0 Å². The third kappa shape index (κ3) is 9.39. The minimum atomic E-state index is 0.234. The lowest BCUT2D eigenvalue weighted by Crippen LogP contribution is -2.21. The van der Waals surface area contributed by atoms with E-state index < -0.39 is 0 Å². The summed E-state index contributed by atoms with van der Waals surface area (Å²) in [6.45, 7) is 23.0. The molecule has 0 N–H and O–H groups in total. The van der Waals surface area contributed by atoms with Crippen molar-refractivity contribution in [2.45, 2.75) is 82.1 Å². The van der Waals surface area contributed by atoms with Gasteiger partial charge >= 0.3 is 0 Å². The Hall–Kier alpha value is -0.520. The molecule has 0 saturated heterocycles. The van der Waals surface area contributed by atoms with Crippen LogP contribution in [0.2, 0.25) is 0 Å². The van der Waals surface area contributed by atoms with Crippen molar-refractivity contribution in [3.05, 3.63) is 24.3 Å². The number of rotatable bonds is 6. The summed E-state index contributed by atoms with van der Waals surface area (Å²) in [6, 6.07) is 0. The van der Waals surface area contributed by atoms with E-state index >= 15 is 0 Å². The van der Waals surface area contributed by atoms with Crippen molar-refractivity contribution < 1.29 is 0 Å². The van der Waals surface area contributed by atoms with Crippen molar-refractivity contribution in [3.8, 4) is 0 Å². The topological polar surface area (TPSA) is 0 Å². The van der Waals surface area contributed by atoms with Gasteiger partial charge in [-0.1, -0.05) is 93.5 Å². The quantitative estimate of drug-likeness (QED) is 0.458. The summed E-state index contributed by atoms with van der Waals surface area (Å²) in [6.07, 6.45) is 11.9. The molecule has 0 radical (unpaired) electrons. The molecule has 0 aliphatic rings. The predicted molar refractivity (Wildman–Crippen MR) is 94.0 cm³/mol. The van der Waals surface area contributed by atoms with Crippen LogP contribution in [-0.2, 0) is 0 Å². The van der Waals surface area contributed by atoms with Gasteiger partial charge in [-0.05, 0) is 34.5 Å². The van der Waals surface area contributed by atoms with Crippen LogP contribution in [0.1, 0.15) is 82.1 Å². The molecule has 0 saturated carbocycles. The average Bonchev–Trinajstić information content (AvgIpc) is 2.22. The first-order valence-electron chi connectivity index (χ1n) is 8.09. The zero-order chi connectivity index (χ0) is 16.2. The van der Waals surface area contributed by atoms with Crippen LogP contribution < -0.4 is 0 Å². The molecule has 0 rings (SSSR count). The summed E-state index contributed by atoms with van der Waals surface area (Å²) >= 11 is 0. The molecule has 0 heterocycles. The van der Waals surface area contributed by atoms with Gasteiger partial charge in [0.25, 0.3) is 0 Å². The van der Waals surface area contributed by atoms with Gasteiger partial charge < -0.3 is 0 Å². The maximum Gasteiger partial charge on any atom is -0.0167 e. The van der Waals surface area contributed by atoms with Crippen LogP contribution in [0, 0.1) is 21.7 Å². The second kappa shape index (κ2) is 6.50. The second-order valence-electron chi connectivity index (χ2n) is 9.53. The van der Waals surface area contributed by atoms with Gasteiger partial charge in [0, 0.05) is 0 Å². The highest BCUT2D eigenvalue weighted by Gasteiger charge is 2.26. The lowest BCUT2D eigenvalue weighted by molar-refractivity contribution is 0.290. The fraction of sp³-hybridized carbons (Fsp3) is 0.800. The van der Waals surface area contributed by atoms with Crippen molar-refractivity contribution in [2.24, 2.45) is 21.7 Å². The SMILES string of the molecule is CCC(C)(C)/C=C\C(C)(C)CC(C)(C)/C=C\C(C)(C)C. The van der Waals surface area contributed by atoms with E-state index in [2.05, 4.69) is 93.5 Å². The molecule has 0 aliphatic carbocycles. The Morgan fingerprint density at radius 3 is 1.25 bits per heavy atom. The Morgan fingerprint density at radius 2 is 0.900 bits per heavy atom. The highest BCUT2D eigenvalue weighted by Crippen LogP contribution is 2.38. The molecular formula is C20H38. The van der Waals surface area contributed by atoms with Crippen LogP contribution in [0.25, 0.3) is 0 Å². The van der Waals surface area contributed by atoms with E-state index in [1.165, 1.54) is 12.8 Å². The van der Waals surface area contributed by atoms with Gasteiger partial charge in [-0.2, -0.15) is 0 Å². The molecule has 0 atom stereocenters. The van der Waals surface area contributed by atoms with Gasteiger partial charge in [0.1, 0.15) is 0 Å². The monoisotopic (exact) mass is 278 g/mol. The average molecular weight is 279 g/mol. The Labute approximate surface area is 128 Å². The van der Waals surface area contributed by atoms with Crippen LogP contribution in [0.3, 0.4) is 0 Å². The van der Waals surface area contributed by atoms with Crippen molar-refractivity contribution in [3.63, 3.8) is 0 Å². The predicted octanol–water partition coefficient (Wildman–Crippen LogP) is 7.02. The summed E-state index contributed by atoms with van der Waals surface area (Å²) in [5, 5.41) is 0. The van der Waals surface area contributed by atoms with Crippen molar-refractivity contribution >= 4 is 0 Å². The van der Waals surface area contributed by atoms with E-state index in [0.717, 1.165) is 0 Å². The standard InChI is InChI=1S/C20H38/c1-11-18(5,6)14-15-20(9,10)16-19(7,8)13-12-17(2,3)4/h12-15H,11,16H2,1-10H3/b13-12-,15-14-. The van der Waals surface area contributed by atoms with E-state index in [9.17, 15) is 0 Å². The van der Waals surface area contributed by atoms with Gasteiger partial charge in [0.15, 0.2) is 0 Å². The summed E-state index contributed by atoms with van der Waals surface area (Å²) in [5.41, 5.74) is 1.04. The molecular weight excluding hydrogens is 240 g/mol. The summed E-state index contributed by atoms with van der Waals surface area (Å²) in [4.78, 5) is 0. The van der Waals surface area contributed by atoms with E-state index in [1.807, 2.05) is 0 Å². The maximum atomic E-state index is 2.42. The largest absolute Gasteiger partial charge is 0.0826 e. The lowest BCUT2D eigenvalue weighted by atomic mass is 9.73. The van der Waals surface area contributed by atoms with Crippen LogP contribution >= 0.6 is 0 Å².